The number of hydrogen-bond acceptors (Lipinski definition) is 5. The van der Waals surface area contributed by atoms with Crippen LogP contribution in [0.5, 0.6) is 5.75 Å². The third kappa shape index (κ3) is 5.32. The molecule has 1 fully saturated rings. The lowest BCUT2D eigenvalue weighted by atomic mass is 10.2. The number of pyridine rings is 1. The van der Waals surface area contributed by atoms with Crippen LogP contribution in [0.15, 0.2) is 61.1 Å². The molecule has 0 saturated carbocycles. The maximum atomic E-state index is 12.2. The van der Waals surface area contributed by atoms with Crippen LogP contribution in [0.3, 0.4) is 0 Å². The molecule has 8 nitrogen and oxygen atoms in total. The molecular formula is C21H23N5O3. The van der Waals surface area contributed by atoms with E-state index in [1.54, 1.807) is 17.1 Å². The number of carbonyl (C=O) groups is 1. The van der Waals surface area contributed by atoms with Gasteiger partial charge in [0.15, 0.2) is 5.82 Å². The summed E-state index contributed by atoms with van der Waals surface area (Å²) in [5.74, 6) is 1.46. The number of urea groups is 1. The van der Waals surface area contributed by atoms with Crippen molar-refractivity contribution in [3.63, 3.8) is 0 Å². The van der Waals surface area contributed by atoms with Gasteiger partial charge in [0.2, 0.25) is 0 Å². The summed E-state index contributed by atoms with van der Waals surface area (Å²) in [5.41, 5.74) is 1.62. The van der Waals surface area contributed by atoms with Crippen LogP contribution in [-0.2, 0) is 11.3 Å². The lowest BCUT2D eigenvalue weighted by molar-refractivity contribution is 0.0679. The quantitative estimate of drug-likeness (QED) is 0.644. The fraction of sp³-hybridized carbons (Fsp3) is 0.286. The molecular weight excluding hydrogens is 370 g/mol. The molecule has 4 rings (SSSR count). The van der Waals surface area contributed by atoms with E-state index in [2.05, 4.69) is 20.7 Å². The molecule has 29 heavy (non-hydrogen) atoms. The van der Waals surface area contributed by atoms with Crippen molar-refractivity contribution in [3.05, 3.63) is 66.6 Å². The minimum atomic E-state index is -0.282. The second-order valence-electron chi connectivity index (χ2n) is 6.75. The Bertz CT molecular complexity index is 922. The van der Waals surface area contributed by atoms with Crippen molar-refractivity contribution in [2.24, 2.45) is 0 Å². The third-order valence-electron chi connectivity index (χ3n) is 4.57. The molecule has 3 aromatic rings. The first-order valence-corrected chi connectivity index (χ1v) is 9.60. The van der Waals surface area contributed by atoms with Gasteiger partial charge >= 0.3 is 6.03 Å². The van der Waals surface area contributed by atoms with Crippen LogP contribution in [0.2, 0.25) is 0 Å². The van der Waals surface area contributed by atoms with E-state index in [9.17, 15) is 4.79 Å². The molecule has 0 radical (unpaired) electrons. The Hall–Kier alpha value is -3.39. The number of aromatic nitrogens is 3. The summed E-state index contributed by atoms with van der Waals surface area (Å²) in [7, 11) is 0. The number of anilines is 1. The largest absolute Gasteiger partial charge is 0.491 e. The Morgan fingerprint density at radius 2 is 2.14 bits per heavy atom. The smallest absolute Gasteiger partial charge is 0.319 e. The molecule has 2 aromatic heterocycles. The van der Waals surface area contributed by atoms with Gasteiger partial charge in [0.05, 0.1) is 6.10 Å². The first-order valence-electron chi connectivity index (χ1n) is 9.60. The number of hydrogen-bond donors (Lipinski definition) is 2. The molecule has 1 aliphatic heterocycles. The van der Waals surface area contributed by atoms with Gasteiger partial charge in [0.1, 0.15) is 12.4 Å². The first kappa shape index (κ1) is 18.9. The van der Waals surface area contributed by atoms with Gasteiger partial charge in [-0.05, 0) is 60.9 Å². The molecule has 1 aromatic carbocycles. The van der Waals surface area contributed by atoms with Crippen LogP contribution >= 0.6 is 0 Å². The van der Waals surface area contributed by atoms with Crippen LogP contribution < -0.4 is 15.4 Å². The second kappa shape index (κ2) is 9.20. The summed E-state index contributed by atoms with van der Waals surface area (Å²) in [4.78, 5) is 16.5. The predicted molar refractivity (Wildman–Crippen MR) is 108 cm³/mol. The second-order valence-corrected chi connectivity index (χ2v) is 6.75. The van der Waals surface area contributed by atoms with E-state index in [1.807, 2.05) is 48.7 Å². The number of rotatable bonds is 7. The first-order chi connectivity index (χ1) is 14.3. The zero-order valence-corrected chi connectivity index (χ0v) is 16.0. The molecule has 2 N–H and O–H groups in total. The molecule has 0 bridgehead atoms. The van der Waals surface area contributed by atoms with E-state index in [0.29, 0.717) is 24.7 Å². The highest BCUT2D eigenvalue weighted by Crippen LogP contribution is 2.18. The van der Waals surface area contributed by atoms with Gasteiger partial charge < -0.3 is 20.1 Å². The van der Waals surface area contributed by atoms with E-state index in [-0.39, 0.29) is 12.1 Å². The fourth-order valence-corrected chi connectivity index (χ4v) is 3.06. The lowest BCUT2D eigenvalue weighted by Crippen LogP contribution is -2.28. The number of ether oxygens (including phenoxy) is 2. The highest BCUT2D eigenvalue weighted by Gasteiger charge is 2.15. The number of nitrogens with one attached hydrogen (secondary N) is 2. The van der Waals surface area contributed by atoms with Crippen LogP contribution in [0, 0.1) is 0 Å². The van der Waals surface area contributed by atoms with Crippen molar-refractivity contribution < 1.29 is 14.3 Å². The summed E-state index contributed by atoms with van der Waals surface area (Å²) >= 11 is 0. The summed E-state index contributed by atoms with van der Waals surface area (Å²) in [5, 5.41) is 9.82. The van der Waals surface area contributed by atoms with Gasteiger partial charge in [0.25, 0.3) is 0 Å². The maximum Gasteiger partial charge on any atom is 0.319 e. The Balaban J connectivity index is 1.25. The van der Waals surface area contributed by atoms with Gasteiger partial charge in [0, 0.05) is 37.4 Å². The van der Waals surface area contributed by atoms with Crippen molar-refractivity contribution in [2.75, 3.05) is 18.5 Å². The average Bonchev–Trinajstić information content (AvgIpc) is 3.46. The highest BCUT2D eigenvalue weighted by molar-refractivity contribution is 5.89. The predicted octanol–water partition coefficient (Wildman–Crippen LogP) is 3.15. The van der Waals surface area contributed by atoms with E-state index in [1.165, 1.54) is 0 Å². The van der Waals surface area contributed by atoms with Crippen LogP contribution in [0.1, 0.15) is 18.4 Å². The normalized spacial score (nSPS) is 15.8. The standard InChI is InChI=1S/C21H23N5O3/c27-21(23-14-16-8-10-22-20(13-16)26-11-2-9-24-26)25-17-4-6-18(7-5-17)29-15-19-3-1-12-28-19/h2,4-11,13,19H,1,3,12,14-15H2,(H2,23,25,27)/t19-/m1/s1. The van der Waals surface area contributed by atoms with Gasteiger partial charge in [-0.1, -0.05) is 0 Å². The summed E-state index contributed by atoms with van der Waals surface area (Å²) in [6, 6.07) is 12.6. The molecule has 0 aliphatic carbocycles. The minimum Gasteiger partial charge on any atom is -0.491 e. The fourth-order valence-electron chi connectivity index (χ4n) is 3.06. The SMILES string of the molecule is O=C(NCc1ccnc(-n2cccn2)c1)Nc1ccc(OC[C@H]2CCCO2)cc1. The lowest BCUT2D eigenvalue weighted by Gasteiger charge is -2.12. The van der Waals surface area contributed by atoms with E-state index < -0.39 is 0 Å². The monoisotopic (exact) mass is 393 g/mol. The Morgan fingerprint density at radius 1 is 1.24 bits per heavy atom. The van der Waals surface area contributed by atoms with E-state index in [0.717, 1.165) is 30.8 Å². The van der Waals surface area contributed by atoms with Crippen LogP contribution in [0.4, 0.5) is 10.5 Å². The molecule has 1 atom stereocenters. The zero-order chi connectivity index (χ0) is 19.9. The average molecular weight is 393 g/mol. The van der Waals surface area contributed by atoms with Gasteiger partial charge in [-0.15, -0.1) is 0 Å². The van der Waals surface area contributed by atoms with Crippen molar-refractivity contribution in [3.8, 4) is 11.6 Å². The molecule has 0 spiro atoms. The maximum absolute atomic E-state index is 12.2. The Morgan fingerprint density at radius 3 is 2.90 bits per heavy atom. The molecule has 3 heterocycles. The van der Waals surface area contributed by atoms with Gasteiger partial charge in [-0.3, -0.25) is 0 Å². The summed E-state index contributed by atoms with van der Waals surface area (Å²) in [6.45, 7) is 1.75. The van der Waals surface area contributed by atoms with Crippen molar-refractivity contribution >= 4 is 11.7 Å². The van der Waals surface area contributed by atoms with Crippen molar-refractivity contribution in [1.82, 2.24) is 20.1 Å². The minimum absolute atomic E-state index is 0.181. The summed E-state index contributed by atoms with van der Waals surface area (Å²) < 4.78 is 12.9. The van der Waals surface area contributed by atoms with E-state index >= 15 is 0 Å². The van der Waals surface area contributed by atoms with E-state index in [4.69, 9.17) is 9.47 Å². The van der Waals surface area contributed by atoms with Crippen molar-refractivity contribution in [1.29, 1.82) is 0 Å². The number of amides is 2. The number of benzene rings is 1. The Labute approximate surface area is 168 Å². The third-order valence-corrected chi connectivity index (χ3v) is 4.57. The number of nitrogens with zero attached hydrogens (tertiary/aromatic N) is 3. The molecule has 150 valence electrons. The van der Waals surface area contributed by atoms with Crippen molar-refractivity contribution in [2.45, 2.75) is 25.5 Å². The molecule has 2 amide bonds. The Kier molecular flexibility index (Phi) is 6.01. The molecule has 1 saturated heterocycles. The highest BCUT2D eigenvalue weighted by atomic mass is 16.5. The topological polar surface area (TPSA) is 90.3 Å². The van der Waals surface area contributed by atoms with Crippen LogP contribution in [-0.4, -0.2) is 40.1 Å². The zero-order valence-electron chi connectivity index (χ0n) is 16.0. The van der Waals surface area contributed by atoms with Crippen LogP contribution in [0.25, 0.3) is 5.82 Å². The molecule has 8 heteroatoms. The molecule has 0 unspecified atom stereocenters. The molecule has 1 aliphatic rings. The number of carbonyl (C=O) groups excluding carboxylic acids is 1. The van der Waals surface area contributed by atoms with Gasteiger partial charge in [-0.2, -0.15) is 5.10 Å². The van der Waals surface area contributed by atoms with Gasteiger partial charge in [-0.25, -0.2) is 14.5 Å². The summed E-state index contributed by atoms with van der Waals surface area (Å²) in [6.07, 6.45) is 7.53.